The number of aromatic amines is 1. The average Bonchev–Trinajstić information content (AvgIpc) is 3.32. The van der Waals surface area contributed by atoms with E-state index in [0.29, 0.717) is 13.1 Å². The van der Waals surface area contributed by atoms with Crippen LogP contribution >= 0.6 is 0 Å². The number of imidazole rings is 1. The van der Waals surface area contributed by atoms with Crippen LogP contribution in [0.4, 0.5) is 0 Å². The van der Waals surface area contributed by atoms with Gasteiger partial charge in [-0.2, -0.15) is 0 Å². The third-order valence-electron chi connectivity index (χ3n) is 7.15. The van der Waals surface area contributed by atoms with Crippen LogP contribution in [-0.4, -0.2) is 56.6 Å². The zero-order chi connectivity index (χ0) is 20.8. The van der Waals surface area contributed by atoms with E-state index in [4.69, 9.17) is 4.98 Å². The highest BCUT2D eigenvalue weighted by Crippen LogP contribution is 2.39. The number of likely N-dealkylation sites (tertiary alicyclic amines) is 2. The van der Waals surface area contributed by atoms with E-state index in [0.717, 1.165) is 55.4 Å². The molecule has 1 aliphatic carbocycles. The topological polar surface area (TPSA) is 86.4 Å². The van der Waals surface area contributed by atoms with E-state index in [-0.39, 0.29) is 35.5 Å². The molecule has 1 N–H and O–H groups in total. The minimum absolute atomic E-state index is 0.129. The van der Waals surface area contributed by atoms with Crippen LogP contribution in [0.15, 0.2) is 24.3 Å². The molecular formula is C23H28N4O3. The van der Waals surface area contributed by atoms with Crippen LogP contribution in [0.3, 0.4) is 0 Å². The molecule has 3 fully saturated rings. The molecule has 3 heterocycles. The first-order chi connectivity index (χ1) is 14.5. The number of carbonyl (C=O) groups is 3. The molecule has 2 aromatic rings. The Balaban J connectivity index is 1.31. The largest absolute Gasteiger partial charge is 0.342 e. The number of aromatic nitrogens is 2. The van der Waals surface area contributed by atoms with Gasteiger partial charge in [-0.1, -0.05) is 25.0 Å². The number of nitrogens with one attached hydrogen (secondary N) is 1. The summed E-state index contributed by atoms with van der Waals surface area (Å²) >= 11 is 0. The van der Waals surface area contributed by atoms with Crippen molar-refractivity contribution in [1.29, 1.82) is 0 Å². The van der Waals surface area contributed by atoms with Gasteiger partial charge >= 0.3 is 0 Å². The predicted molar refractivity (Wildman–Crippen MR) is 111 cm³/mol. The van der Waals surface area contributed by atoms with Crippen LogP contribution in [0.25, 0.3) is 11.0 Å². The van der Waals surface area contributed by atoms with E-state index >= 15 is 0 Å². The summed E-state index contributed by atoms with van der Waals surface area (Å²) in [5.41, 5.74) is 1.93. The SMILES string of the molecule is C[C@H](C(=O)N1CCC[C@H](c2nc3ccccc3[nH]2)C1)N1C(=O)[C@H]2CCCC[C@H]2C1=O. The third-order valence-corrected chi connectivity index (χ3v) is 7.15. The molecule has 2 aliphatic heterocycles. The Morgan fingerprint density at radius 1 is 1.07 bits per heavy atom. The second-order valence-corrected chi connectivity index (χ2v) is 8.98. The van der Waals surface area contributed by atoms with Crippen LogP contribution in [0.1, 0.15) is 57.2 Å². The van der Waals surface area contributed by atoms with Gasteiger partial charge in [-0.25, -0.2) is 4.98 Å². The Morgan fingerprint density at radius 3 is 2.47 bits per heavy atom. The second-order valence-electron chi connectivity index (χ2n) is 8.98. The summed E-state index contributed by atoms with van der Waals surface area (Å²) in [7, 11) is 0. The first-order valence-electron chi connectivity index (χ1n) is 11.1. The summed E-state index contributed by atoms with van der Waals surface area (Å²) in [6, 6.07) is 7.19. The number of rotatable bonds is 3. The lowest BCUT2D eigenvalue weighted by atomic mass is 9.81. The fourth-order valence-electron chi connectivity index (χ4n) is 5.51. The molecule has 7 nitrogen and oxygen atoms in total. The van der Waals surface area contributed by atoms with Crippen molar-refractivity contribution in [2.45, 2.75) is 57.4 Å². The van der Waals surface area contributed by atoms with Crippen molar-refractivity contribution in [3.05, 3.63) is 30.1 Å². The highest BCUT2D eigenvalue weighted by molar-refractivity contribution is 6.08. The van der Waals surface area contributed by atoms with Gasteiger partial charge in [0.2, 0.25) is 17.7 Å². The number of benzene rings is 1. The quantitative estimate of drug-likeness (QED) is 0.792. The molecule has 3 amide bonds. The molecule has 5 rings (SSSR count). The average molecular weight is 409 g/mol. The van der Waals surface area contributed by atoms with E-state index in [9.17, 15) is 14.4 Å². The lowest BCUT2D eigenvalue weighted by Gasteiger charge is -2.35. The van der Waals surface area contributed by atoms with Crippen molar-refractivity contribution in [1.82, 2.24) is 19.8 Å². The minimum atomic E-state index is -0.731. The molecule has 0 spiro atoms. The van der Waals surface area contributed by atoms with Gasteiger partial charge in [0.15, 0.2) is 0 Å². The fourth-order valence-corrected chi connectivity index (χ4v) is 5.51. The molecule has 4 atom stereocenters. The highest BCUT2D eigenvalue weighted by Gasteiger charge is 2.51. The first-order valence-corrected chi connectivity index (χ1v) is 11.1. The molecule has 3 aliphatic rings. The standard InChI is InChI=1S/C23H28N4O3/c1-14(27-22(29)16-8-2-3-9-17(16)23(27)30)21(28)26-12-6-7-15(13-26)20-24-18-10-4-5-11-19(18)25-20/h4-5,10-11,14-17H,2-3,6-9,12-13H2,1H3,(H,24,25)/t14-,15+,16-,17+/m1/s1. The lowest BCUT2D eigenvalue weighted by Crippen LogP contribution is -2.52. The maximum atomic E-state index is 13.3. The zero-order valence-corrected chi connectivity index (χ0v) is 17.3. The zero-order valence-electron chi connectivity index (χ0n) is 17.3. The molecule has 1 aromatic heterocycles. The first kappa shape index (κ1) is 19.3. The van der Waals surface area contributed by atoms with Gasteiger partial charge < -0.3 is 9.88 Å². The van der Waals surface area contributed by atoms with Crippen LogP contribution in [0.5, 0.6) is 0 Å². The number of piperidine rings is 1. The Morgan fingerprint density at radius 2 is 1.77 bits per heavy atom. The van der Waals surface area contributed by atoms with Crippen molar-refractivity contribution in [3.63, 3.8) is 0 Å². The number of para-hydroxylation sites is 2. The molecular weight excluding hydrogens is 380 g/mol. The highest BCUT2D eigenvalue weighted by atomic mass is 16.2. The van der Waals surface area contributed by atoms with E-state index < -0.39 is 6.04 Å². The Kier molecular flexibility index (Phi) is 4.83. The number of H-pyrrole nitrogens is 1. The minimum Gasteiger partial charge on any atom is -0.342 e. The lowest BCUT2D eigenvalue weighted by molar-refractivity contribution is -0.151. The van der Waals surface area contributed by atoms with Gasteiger partial charge in [-0.3, -0.25) is 19.3 Å². The van der Waals surface area contributed by atoms with Gasteiger partial charge in [-0.05, 0) is 44.7 Å². The maximum Gasteiger partial charge on any atom is 0.245 e. The van der Waals surface area contributed by atoms with Crippen molar-refractivity contribution >= 4 is 28.8 Å². The van der Waals surface area contributed by atoms with E-state index in [1.165, 1.54) is 4.90 Å². The maximum absolute atomic E-state index is 13.3. The number of hydrogen-bond acceptors (Lipinski definition) is 4. The summed E-state index contributed by atoms with van der Waals surface area (Å²) in [5.74, 6) is 0.191. The number of amides is 3. The van der Waals surface area contributed by atoms with Crippen molar-refractivity contribution < 1.29 is 14.4 Å². The summed E-state index contributed by atoms with van der Waals surface area (Å²) in [6.07, 6.45) is 5.36. The van der Waals surface area contributed by atoms with Crippen LogP contribution < -0.4 is 0 Å². The van der Waals surface area contributed by atoms with Crippen molar-refractivity contribution in [2.75, 3.05) is 13.1 Å². The van der Waals surface area contributed by atoms with Gasteiger partial charge in [0, 0.05) is 19.0 Å². The van der Waals surface area contributed by atoms with E-state index in [1.54, 1.807) is 6.92 Å². The van der Waals surface area contributed by atoms with Gasteiger partial charge in [-0.15, -0.1) is 0 Å². The number of imide groups is 1. The van der Waals surface area contributed by atoms with E-state index in [2.05, 4.69) is 4.98 Å². The molecule has 2 saturated heterocycles. The van der Waals surface area contributed by atoms with Crippen LogP contribution in [-0.2, 0) is 14.4 Å². The summed E-state index contributed by atoms with van der Waals surface area (Å²) in [5, 5.41) is 0. The fraction of sp³-hybridized carbons (Fsp3) is 0.565. The molecule has 1 aromatic carbocycles. The third kappa shape index (κ3) is 3.11. The number of hydrogen-bond donors (Lipinski definition) is 1. The summed E-state index contributed by atoms with van der Waals surface area (Å²) in [4.78, 5) is 50.2. The second kappa shape index (κ2) is 7.52. The molecule has 0 unspecified atom stereocenters. The number of nitrogens with zero attached hydrogens (tertiary/aromatic N) is 3. The molecule has 1 saturated carbocycles. The Bertz CT molecular complexity index is 942. The van der Waals surface area contributed by atoms with Crippen molar-refractivity contribution in [3.8, 4) is 0 Å². The number of fused-ring (bicyclic) bond motifs is 2. The molecule has 158 valence electrons. The molecule has 0 bridgehead atoms. The predicted octanol–water partition coefficient (Wildman–Crippen LogP) is 2.83. The molecule has 30 heavy (non-hydrogen) atoms. The summed E-state index contributed by atoms with van der Waals surface area (Å²) < 4.78 is 0. The van der Waals surface area contributed by atoms with Gasteiger partial charge in [0.1, 0.15) is 11.9 Å². The molecule has 7 heteroatoms. The monoisotopic (exact) mass is 408 g/mol. The van der Waals surface area contributed by atoms with Crippen molar-refractivity contribution in [2.24, 2.45) is 11.8 Å². The van der Waals surface area contributed by atoms with E-state index in [1.807, 2.05) is 29.2 Å². The smallest absolute Gasteiger partial charge is 0.245 e. The number of carbonyl (C=O) groups excluding carboxylic acids is 3. The van der Waals surface area contributed by atoms with Crippen LogP contribution in [0, 0.1) is 11.8 Å². The normalized spacial score (nSPS) is 28.1. The summed E-state index contributed by atoms with van der Waals surface area (Å²) in [6.45, 7) is 2.93. The molecule has 0 radical (unpaired) electrons. The Hall–Kier alpha value is -2.70. The van der Waals surface area contributed by atoms with Crippen LogP contribution in [0.2, 0.25) is 0 Å². The Labute approximate surface area is 175 Å². The van der Waals surface area contributed by atoms with Gasteiger partial charge in [0.05, 0.1) is 22.9 Å². The van der Waals surface area contributed by atoms with Gasteiger partial charge in [0.25, 0.3) is 0 Å².